The second-order valence-corrected chi connectivity index (χ2v) is 9.11. The normalized spacial score (nSPS) is 15.8. The topological polar surface area (TPSA) is 52.6 Å². The van der Waals surface area contributed by atoms with Crippen LogP contribution in [0.2, 0.25) is 0 Å². The molecule has 0 atom stereocenters. The number of benzene rings is 2. The number of anilines is 1. The molecule has 146 valence electrons. The third-order valence-corrected chi connectivity index (χ3v) is 6.43. The first-order chi connectivity index (χ1) is 13.0. The third kappa shape index (κ3) is 6.34. The molecule has 1 N–H and O–H groups in total. The summed E-state index contributed by atoms with van der Waals surface area (Å²) in [6, 6.07) is 18.2. The SMILES string of the molecule is CN1CCN(c2ccc(CNS(=O)(=O)CCCc3ccccc3)cc2)CC1. The summed E-state index contributed by atoms with van der Waals surface area (Å²) in [5, 5.41) is 0. The van der Waals surface area contributed by atoms with Gasteiger partial charge in [0.25, 0.3) is 0 Å². The van der Waals surface area contributed by atoms with E-state index in [9.17, 15) is 8.42 Å². The largest absolute Gasteiger partial charge is 0.369 e. The molecule has 0 aliphatic carbocycles. The van der Waals surface area contributed by atoms with Crippen molar-refractivity contribution in [1.29, 1.82) is 0 Å². The summed E-state index contributed by atoms with van der Waals surface area (Å²) in [6.07, 6.45) is 1.41. The van der Waals surface area contributed by atoms with E-state index < -0.39 is 10.0 Å². The molecule has 27 heavy (non-hydrogen) atoms. The van der Waals surface area contributed by atoms with Crippen LogP contribution in [0, 0.1) is 0 Å². The Morgan fingerprint density at radius 3 is 2.22 bits per heavy atom. The number of sulfonamides is 1. The summed E-state index contributed by atoms with van der Waals surface area (Å²) in [5.74, 6) is 0.154. The molecule has 1 fully saturated rings. The molecule has 1 aliphatic rings. The Balaban J connectivity index is 1.44. The van der Waals surface area contributed by atoms with E-state index in [1.165, 1.54) is 11.3 Å². The number of piperazine rings is 1. The van der Waals surface area contributed by atoms with Gasteiger partial charge in [0, 0.05) is 38.4 Å². The van der Waals surface area contributed by atoms with E-state index in [1.807, 2.05) is 42.5 Å². The fourth-order valence-corrected chi connectivity index (χ4v) is 4.32. The number of nitrogens with zero attached hydrogens (tertiary/aromatic N) is 2. The number of aryl methyl sites for hydroxylation is 1. The minimum atomic E-state index is -3.25. The lowest BCUT2D eigenvalue weighted by atomic mass is 10.1. The fourth-order valence-electron chi connectivity index (χ4n) is 3.27. The number of likely N-dealkylation sites (N-methyl/N-ethyl adjacent to an activating group) is 1. The van der Waals surface area contributed by atoms with Gasteiger partial charge in [-0.15, -0.1) is 0 Å². The zero-order valence-corrected chi connectivity index (χ0v) is 16.8. The molecule has 2 aromatic rings. The summed E-state index contributed by atoms with van der Waals surface area (Å²) in [4.78, 5) is 4.70. The molecule has 6 heteroatoms. The first-order valence-corrected chi connectivity index (χ1v) is 11.2. The van der Waals surface area contributed by atoms with Gasteiger partial charge in [0.05, 0.1) is 5.75 Å². The summed E-state index contributed by atoms with van der Waals surface area (Å²) in [6.45, 7) is 4.56. The molecule has 0 amide bonds. The average Bonchev–Trinajstić information content (AvgIpc) is 2.68. The van der Waals surface area contributed by atoms with Crippen LogP contribution in [0.4, 0.5) is 5.69 Å². The highest BCUT2D eigenvalue weighted by molar-refractivity contribution is 7.89. The lowest BCUT2D eigenvalue weighted by Gasteiger charge is -2.34. The smallest absolute Gasteiger partial charge is 0.211 e. The first kappa shape index (κ1) is 19.9. The summed E-state index contributed by atoms with van der Waals surface area (Å²) >= 11 is 0. The highest BCUT2D eigenvalue weighted by Gasteiger charge is 2.14. The molecule has 1 heterocycles. The highest BCUT2D eigenvalue weighted by Crippen LogP contribution is 2.17. The molecule has 1 saturated heterocycles. The molecular formula is C21H29N3O2S. The van der Waals surface area contributed by atoms with Crippen LogP contribution in [0.1, 0.15) is 17.5 Å². The van der Waals surface area contributed by atoms with Crippen molar-refractivity contribution in [2.75, 3.05) is 43.9 Å². The van der Waals surface area contributed by atoms with Gasteiger partial charge in [0.2, 0.25) is 10.0 Å². The molecular weight excluding hydrogens is 358 g/mol. The summed E-state index contributed by atoms with van der Waals surface area (Å²) in [7, 11) is -1.11. The van der Waals surface area contributed by atoms with E-state index in [0.29, 0.717) is 13.0 Å². The minimum absolute atomic E-state index is 0.154. The third-order valence-electron chi connectivity index (χ3n) is 5.02. The minimum Gasteiger partial charge on any atom is -0.369 e. The molecule has 0 spiro atoms. The zero-order valence-electron chi connectivity index (χ0n) is 16.0. The molecule has 0 bridgehead atoms. The van der Waals surface area contributed by atoms with E-state index in [2.05, 4.69) is 33.7 Å². The van der Waals surface area contributed by atoms with E-state index in [0.717, 1.165) is 38.2 Å². The van der Waals surface area contributed by atoms with Gasteiger partial charge in [0.15, 0.2) is 0 Å². The first-order valence-electron chi connectivity index (χ1n) is 9.55. The molecule has 0 aromatic heterocycles. The Labute approximate surface area is 163 Å². The molecule has 2 aromatic carbocycles. The van der Waals surface area contributed by atoms with Crippen LogP contribution >= 0.6 is 0 Å². The maximum atomic E-state index is 12.2. The monoisotopic (exact) mass is 387 g/mol. The van der Waals surface area contributed by atoms with Crippen molar-refractivity contribution < 1.29 is 8.42 Å². The number of rotatable bonds is 8. The van der Waals surface area contributed by atoms with Crippen LogP contribution < -0.4 is 9.62 Å². The van der Waals surface area contributed by atoms with Crippen LogP contribution in [-0.4, -0.2) is 52.3 Å². The van der Waals surface area contributed by atoms with Gasteiger partial charge in [-0.1, -0.05) is 42.5 Å². The maximum Gasteiger partial charge on any atom is 0.211 e. The van der Waals surface area contributed by atoms with E-state index in [-0.39, 0.29) is 5.75 Å². The van der Waals surface area contributed by atoms with Crippen LogP contribution in [0.5, 0.6) is 0 Å². The van der Waals surface area contributed by atoms with Crippen LogP contribution in [0.3, 0.4) is 0 Å². The van der Waals surface area contributed by atoms with Crippen molar-refractivity contribution in [2.45, 2.75) is 19.4 Å². The second kappa shape index (κ2) is 9.35. The summed E-state index contributed by atoms with van der Waals surface area (Å²) < 4.78 is 27.1. The van der Waals surface area contributed by atoms with Gasteiger partial charge in [-0.25, -0.2) is 13.1 Å². The Morgan fingerprint density at radius 1 is 0.889 bits per heavy atom. The fraction of sp³-hybridized carbons (Fsp3) is 0.429. The van der Waals surface area contributed by atoms with Crippen LogP contribution in [-0.2, 0) is 23.0 Å². The van der Waals surface area contributed by atoms with E-state index >= 15 is 0 Å². The van der Waals surface area contributed by atoms with Crippen molar-refractivity contribution in [3.05, 3.63) is 65.7 Å². The van der Waals surface area contributed by atoms with Gasteiger partial charge in [-0.3, -0.25) is 0 Å². The number of nitrogens with one attached hydrogen (secondary N) is 1. The van der Waals surface area contributed by atoms with Gasteiger partial charge >= 0.3 is 0 Å². The molecule has 0 saturated carbocycles. The lowest BCUT2D eigenvalue weighted by molar-refractivity contribution is 0.313. The van der Waals surface area contributed by atoms with Crippen LogP contribution in [0.15, 0.2) is 54.6 Å². The number of hydrogen-bond donors (Lipinski definition) is 1. The predicted molar refractivity (Wildman–Crippen MR) is 112 cm³/mol. The zero-order chi connectivity index (χ0) is 19.1. The second-order valence-electron chi connectivity index (χ2n) is 7.19. The maximum absolute atomic E-state index is 12.2. The molecule has 1 aliphatic heterocycles. The Hall–Kier alpha value is -1.89. The van der Waals surface area contributed by atoms with Gasteiger partial charge in [-0.2, -0.15) is 0 Å². The predicted octanol–water partition coefficient (Wildman–Crippen LogP) is 2.49. The van der Waals surface area contributed by atoms with Crippen molar-refractivity contribution in [2.24, 2.45) is 0 Å². The standard InChI is InChI=1S/C21H29N3O2S/c1-23-13-15-24(16-14-23)21-11-9-20(10-12-21)18-22-27(25,26)17-5-8-19-6-3-2-4-7-19/h2-4,6-7,9-12,22H,5,8,13-18H2,1H3. The average molecular weight is 388 g/mol. The number of hydrogen-bond acceptors (Lipinski definition) is 4. The van der Waals surface area contributed by atoms with Gasteiger partial charge in [0.1, 0.15) is 0 Å². The highest BCUT2D eigenvalue weighted by atomic mass is 32.2. The van der Waals surface area contributed by atoms with Gasteiger partial charge < -0.3 is 9.80 Å². The van der Waals surface area contributed by atoms with Gasteiger partial charge in [-0.05, 0) is 43.1 Å². The Kier molecular flexibility index (Phi) is 6.88. The van der Waals surface area contributed by atoms with Crippen LogP contribution in [0.25, 0.3) is 0 Å². The Bertz CT molecular complexity index is 799. The quantitative estimate of drug-likeness (QED) is 0.756. The molecule has 0 unspecified atom stereocenters. The molecule has 0 radical (unpaired) electrons. The lowest BCUT2D eigenvalue weighted by Crippen LogP contribution is -2.44. The van der Waals surface area contributed by atoms with Crippen molar-refractivity contribution >= 4 is 15.7 Å². The van der Waals surface area contributed by atoms with Crippen molar-refractivity contribution in [3.63, 3.8) is 0 Å². The summed E-state index contributed by atoms with van der Waals surface area (Å²) in [5.41, 5.74) is 3.37. The van der Waals surface area contributed by atoms with Crippen molar-refractivity contribution in [3.8, 4) is 0 Å². The molecule has 5 nitrogen and oxygen atoms in total. The van der Waals surface area contributed by atoms with E-state index in [1.54, 1.807) is 0 Å². The Morgan fingerprint density at radius 2 is 1.56 bits per heavy atom. The molecule has 3 rings (SSSR count). The van der Waals surface area contributed by atoms with Crippen molar-refractivity contribution in [1.82, 2.24) is 9.62 Å². The van der Waals surface area contributed by atoms with E-state index in [4.69, 9.17) is 0 Å².